The molecular weight excluding hydrogens is 388 g/mol. The van der Waals surface area contributed by atoms with Crippen molar-refractivity contribution < 1.29 is 18.1 Å². The lowest BCUT2D eigenvalue weighted by molar-refractivity contribution is -0.895. The van der Waals surface area contributed by atoms with Crippen LogP contribution < -0.4 is 10.2 Å². The Hall–Kier alpha value is -2.73. The fourth-order valence-corrected chi connectivity index (χ4v) is 5.16. The van der Waals surface area contributed by atoms with E-state index < -0.39 is 10.0 Å². The van der Waals surface area contributed by atoms with Gasteiger partial charge in [-0.3, -0.25) is 4.79 Å². The van der Waals surface area contributed by atoms with Crippen LogP contribution in [0.15, 0.2) is 47.4 Å². The molecule has 7 nitrogen and oxygen atoms in total. The van der Waals surface area contributed by atoms with Gasteiger partial charge in [-0.05, 0) is 49.7 Å². The van der Waals surface area contributed by atoms with E-state index in [0.717, 1.165) is 16.0 Å². The topological polar surface area (TPSA) is 94.7 Å². The Bertz CT molecular complexity index is 1030. The number of hydrogen-bond donors (Lipinski definition) is 2. The number of anilines is 1. The number of nitrogens with zero attached hydrogens (tertiary/aromatic N) is 2. The minimum Gasteiger partial charge on any atom is -0.325 e. The number of sulfonamides is 1. The van der Waals surface area contributed by atoms with Gasteiger partial charge < -0.3 is 10.2 Å². The highest BCUT2D eigenvalue weighted by atomic mass is 32.2. The van der Waals surface area contributed by atoms with Crippen LogP contribution in [0.3, 0.4) is 0 Å². The monoisotopic (exact) mass is 413 g/mol. The Morgan fingerprint density at radius 2 is 1.79 bits per heavy atom. The normalized spacial score (nSPS) is 15.6. The highest BCUT2D eigenvalue weighted by Gasteiger charge is 2.32. The molecule has 1 aliphatic rings. The van der Waals surface area contributed by atoms with E-state index in [2.05, 4.69) is 5.32 Å². The van der Waals surface area contributed by atoms with Crippen LogP contribution in [-0.4, -0.2) is 51.4 Å². The van der Waals surface area contributed by atoms with Crippen molar-refractivity contribution in [3.8, 4) is 6.07 Å². The number of nitrogens with one attached hydrogen (secondary N) is 2. The van der Waals surface area contributed by atoms with E-state index in [0.29, 0.717) is 42.3 Å². The van der Waals surface area contributed by atoms with E-state index in [9.17, 15) is 13.2 Å². The Labute approximate surface area is 171 Å². The smallest absolute Gasteiger partial charge is 0.279 e. The molecular formula is C21H25N4O3S+. The van der Waals surface area contributed by atoms with Gasteiger partial charge in [0.15, 0.2) is 6.54 Å². The third-order valence-electron chi connectivity index (χ3n) is 5.09. The Morgan fingerprint density at radius 3 is 2.38 bits per heavy atom. The first-order valence-corrected chi connectivity index (χ1v) is 10.9. The van der Waals surface area contributed by atoms with Gasteiger partial charge in [-0.1, -0.05) is 17.7 Å². The molecule has 0 aliphatic carbocycles. The van der Waals surface area contributed by atoms with Crippen LogP contribution in [0.4, 0.5) is 5.69 Å². The van der Waals surface area contributed by atoms with Crippen LogP contribution in [0, 0.1) is 25.2 Å². The predicted molar refractivity (Wildman–Crippen MR) is 110 cm³/mol. The minimum atomic E-state index is -3.52. The number of piperazine rings is 1. The molecule has 0 aromatic heterocycles. The number of hydrogen-bond acceptors (Lipinski definition) is 4. The number of carbonyl (C=O) groups excluding carboxylic acids is 1. The van der Waals surface area contributed by atoms with E-state index in [-0.39, 0.29) is 12.5 Å². The molecule has 0 spiro atoms. The standard InChI is InChI=1S/C21H24N4O3S/c1-16-3-8-20(17(2)13-16)29(27,28)25-11-9-24(10-12-25)15-21(26)23-19-6-4-18(14-22)5-7-19/h3-8,13H,9-12,15H2,1-2H3,(H,23,26)/p+1. The molecule has 2 aromatic rings. The van der Waals surface area contributed by atoms with Gasteiger partial charge in [0.1, 0.15) is 0 Å². The second-order valence-corrected chi connectivity index (χ2v) is 9.24. The highest BCUT2D eigenvalue weighted by molar-refractivity contribution is 7.89. The van der Waals surface area contributed by atoms with Gasteiger partial charge in [-0.25, -0.2) is 8.42 Å². The molecule has 0 saturated carbocycles. The van der Waals surface area contributed by atoms with Crippen LogP contribution >= 0.6 is 0 Å². The molecule has 3 rings (SSSR count). The Kier molecular flexibility index (Phi) is 6.33. The summed E-state index contributed by atoms with van der Waals surface area (Å²) >= 11 is 0. The van der Waals surface area contributed by atoms with Crippen LogP contribution in [0.5, 0.6) is 0 Å². The SMILES string of the molecule is Cc1ccc(S(=O)(=O)N2CC[NH+](CC(=O)Nc3ccc(C#N)cc3)CC2)c(C)c1. The molecule has 0 radical (unpaired) electrons. The van der Waals surface area contributed by atoms with Crippen molar-refractivity contribution in [3.63, 3.8) is 0 Å². The molecule has 1 amide bonds. The third kappa shape index (κ3) is 5.01. The minimum absolute atomic E-state index is 0.129. The summed E-state index contributed by atoms with van der Waals surface area (Å²) in [5, 5.41) is 11.6. The van der Waals surface area contributed by atoms with Crippen molar-refractivity contribution in [1.82, 2.24) is 4.31 Å². The van der Waals surface area contributed by atoms with E-state index in [4.69, 9.17) is 5.26 Å². The van der Waals surface area contributed by atoms with Crippen LogP contribution in [-0.2, 0) is 14.8 Å². The van der Waals surface area contributed by atoms with Crippen LogP contribution in [0.2, 0.25) is 0 Å². The second-order valence-electron chi connectivity index (χ2n) is 7.34. The fourth-order valence-electron chi connectivity index (χ4n) is 3.51. The van der Waals surface area contributed by atoms with Gasteiger partial charge >= 0.3 is 0 Å². The maximum atomic E-state index is 13.0. The molecule has 1 saturated heterocycles. The molecule has 1 heterocycles. The average Bonchev–Trinajstić information content (AvgIpc) is 2.68. The number of carbonyl (C=O) groups is 1. The summed E-state index contributed by atoms with van der Waals surface area (Å²) in [4.78, 5) is 13.7. The number of amides is 1. The van der Waals surface area contributed by atoms with Crippen molar-refractivity contribution in [2.45, 2.75) is 18.7 Å². The first-order chi connectivity index (χ1) is 13.8. The summed E-state index contributed by atoms with van der Waals surface area (Å²) in [6.45, 7) is 5.95. The van der Waals surface area contributed by atoms with Crippen molar-refractivity contribution in [1.29, 1.82) is 5.26 Å². The van der Waals surface area contributed by atoms with Gasteiger partial charge in [-0.2, -0.15) is 9.57 Å². The fraction of sp³-hybridized carbons (Fsp3) is 0.333. The summed E-state index contributed by atoms with van der Waals surface area (Å²) < 4.78 is 27.4. The van der Waals surface area contributed by atoms with Crippen molar-refractivity contribution in [2.75, 3.05) is 38.0 Å². The summed E-state index contributed by atoms with van der Waals surface area (Å²) in [5.74, 6) is -0.129. The highest BCUT2D eigenvalue weighted by Crippen LogP contribution is 2.20. The summed E-state index contributed by atoms with van der Waals surface area (Å²) in [6, 6.07) is 14.1. The van der Waals surface area contributed by atoms with E-state index in [1.165, 1.54) is 4.31 Å². The lowest BCUT2D eigenvalue weighted by Gasteiger charge is -2.31. The Morgan fingerprint density at radius 1 is 1.14 bits per heavy atom. The summed E-state index contributed by atoms with van der Waals surface area (Å²) in [7, 11) is -3.52. The third-order valence-corrected chi connectivity index (χ3v) is 7.14. The Balaban J connectivity index is 1.55. The zero-order valence-corrected chi connectivity index (χ0v) is 17.4. The molecule has 0 bridgehead atoms. The van der Waals surface area contributed by atoms with E-state index >= 15 is 0 Å². The zero-order chi connectivity index (χ0) is 21.0. The molecule has 0 unspecified atom stereocenters. The van der Waals surface area contributed by atoms with Gasteiger partial charge in [0.05, 0.1) is 42.7 Å². The van der Waals surface area contributed by atoms with Gasteiger partial charge in [0, 0.05) is 5.69 Å². The first kappa shape index (κ1) is 21.0. The molecule has 8 heteroatoms. The second kappa shape index (κ2) is 8.74. The van der Waals surface area contributed by atoms with E-state index in [1.54, 1.807) is 30.3 Å². The van der Waals surface area contributed by atoms with E-state index in [1.807, 2.05) is 32.0 Å². The molecule has 152 valence electrons. The molecule has 0 atom stereocenters. The van der Waals surface area contributed by atoms with Crippen molar-refractivity contribution in [2.24, 2.45) is 0 Å². The maximum absolute atomic E-state index is 13.0. The van der Waals surface area contributed by atoms with Gasteiger partial charge in [-0.15, -0.1) is 0 Å². The predicted octanol–water partition coefficient (Wildman–Crippen LogP) is 0.703. The largest absolute Gasteiger partial charge is 0.325 e. The van der Waals surface area contributed by atoms with Gasteiger partial charge in [0.25, 0.3) is 5.91 Å². The number of quaternary nitrogens is 1. The van der Waals surface area contributed by atoms with Crippen LogP contribution in [0.25, 0.3) is 0 Å². The molecule has 2 N–H and O–H groups in total. The molecule has 1 aliphatic heterocycles. The van der Waals surface area contributed by atoms with Crippen molar-refractivity contribution in [3.05, 3.63) is 59.2 Å². The summed E-state index contributed by atoms with van der Waals surface area (Å²) in [5.41, 5.74) is 2.96. The number of rotatable bonds is 5. The average molecular weight is 414 g/mol. The number of aryl methyl sites for hydroxylation is 2. The molecule has 1 fully saturated rings. The number of benzene rings is 2. The van der Waals surface area contributed by atoms with Crippen LogP contribution in [0.1, 0.15) is 16.7 Å². The lowest BCUT2D eigenvalue weighted by atomic mass is 10.2. The maximum Gasteiger partial charge on any atom is 0.279 e. The lowest BCUT2D eigenvalue weighted by Crippen LogP contribution is -3.15. The van der Waals surface area contributed by atoms with Crippen molar-refractivity contribution >= 4 is 21.6 Å². The number of nitriles is 1. The van der Waals surface area contributed by atoms with Gasteiger partial charge in [0.2, 0.25) is 10.0 Å². The summed E-state index contributed by atoms with van der Waals surface area (Å²) in [6.07, 6.45) is 0. The quantitative estimate of drug-likeness (QED) is 0.755. The molecule has 29 heavy (non-hydrogen) atoms. The zero-order valence-electron chi connectivity index (χ0n) is 16.6. The first-order valence-electron chi connectivity index (χ1n) is 9.50. The molecule has 2 aromatic carbocycles.